The van der Waals surface area contributed by atoms with Crippen LogP contribution in [-0.2, 0) is 4.79 Å². The summed E-state index contributed by atoms with van der Waals surface area (Å²) in [6.45, 7) is 3.43. The fourth-order valence-corrected chi connectivity index (χ4v) is 0.948. The zero-order valence-corrected chi connectivity index (χ0v) is 7.74. The van der Waals surface area contributed by atoms with Gasteiger partial charge in [-0.15, -0.1) is 0 Å². The molecule has 1 aromatic carbocycles. The number of nitrogens with one attached hydrogen (secondary N) is 1. The van der Waals surface area contributed by atoms with Gasteiger partial charge in [0.25, 0.3) is 0 Å². The Hall–Kier alpha value is -1.64. The molecule has 1 amide bonds. The Balaban J connectivity index is 2.63. The van der Waals surface area contributed by atoms with E-state index < -0.39 is 0 Å². The summed E-state index contributed by atoms with van der Waals surface area (Å²) in [5, 5.41) is 3.76. The van der Waals surface area contributed by atoms with Gasteiger partial charge in [0.15, 0.2) is 0 Å². The number of aryl methyl sites for hydroxylation is 1. The van der Waals surface area contributed by atoms with Crippen molar-refractivity contribution in [1.29, 1.82) is 0 Å². The molecular formula is C10H12N2O. The smallest absolute Gasteiger partial charge is 0.236 e. The van der Waals surface area contributed by atoms with Crippen LogP contribution in [0.5, 0.6) is 0 Å². The molecule has 0 saturated heterocycles. The molecule has 68 valence electrons. The van der Waals surface area contributed by atoms with Gasteiger partial charge in [-0.2, -0.15) is 5.10 Å². The summed E-state index contributed by atoms with van der Waals surface area (Å²) in [4.78, 5) is 10.5. The molecule has 0 aliphatic carbocycles. The zero-order chi connectivity index (χ0) is 9.68. The van der Waals surface area contributed by atoms with Crippen LogP contribution in [0.4, 0.5) is 0 Å². The Kier molecular flexibility index (Phi) is 3.20. The Morgan fingerprint density at radius 3 is 2.92 bits per heavy atom. The Labute approximate surface area is 77.5 Å². The van der Waals surface area contributed by atoms with Gasteiger partial charge in [0.2, 0.25) is 5.91 Å². The van der Waals surface area contributed by atoms with Crippen LogP contribution in [0.1, 0.15) is 18.1 Å². The number of rotatable bonds is 2. The maximum absolute atomic E-state index is 10.5. The first-order valence-electron chi connectivity index (χ1n) is 4.05. The Bertz CT molecular complexity index is 331. The van der Waals surface area contributed by atoms with Crippen LogP contribution in [-0.4, -0.2) is 12.1 Å². The van der Waals surface area contributed by atoms with E-state index in [0.29, 0.717) is 0 Å². The lowest BCUT2D eigenvalue weighted by Crippen LogP contribution is -2.12. The second-order valence-electron chi connectivity index (χ2n) is 2.84. The molecule has 1 aromatic rings. The second-order valence-corrected chi connectivity index (χ2v) is 2.84. The molecule has 3 nitrogen and oxygen atoms in total. The largest absolute Gasteiger partial charge is 0.274 e. The fraction of sp³-hybridized carbons (Fsp3) is 0.200. The van der Waals surface area contributed by atoms with Crippen molar-refractivity contribution in [3.8, 4) is 0 Å². The molecule has 0 unspecified atom stereocenters. The maximum atomic E-state index is 10.5. The van der Waals surface area contributed by atoms with E-state index >= 15 is 0 Å². The van der Waals surface area contributed by atoms with Crippen LogP contribution >= 0.6 is 0 Å². The van der Waals surface area contributed by atoms with Crippen LogP contribution in [0.25, 0.3) is 0 Å². The minimum atomic E-state index is -0.163. The van der Waals surface area contributed by atoms with Crippen LogP contribution in [0, 0.1) is 6.92 Å². The monoisotopic (exact) mass is 176 g/mol. The minimum Gasteiger partial charge on any atom is -0.274 e. The van der Waals surface area contributed by atoms with Gasteiger partial charge >= 0.3 is 0 Å². The Morgan fingerprint density at radius 1 is 1.54 bits per heavy atom. The van der Waals surface area contributed by atoms with Gasteiger partial charge in [0.05, 0.1) is 6.21 Å². The predicted molar refractivity (Wildman–Crippen MR) is 52.6 cm³/mol. The molecule has 1 N–H and O–H groups in total. The predicted octanol–water partition coefficient (Wildman–Crippen LogP) is 1.47. The number of hydrogen-bond donors (Lipinski definition) is 1. The molecule has 0 fully saturated rings. The van der Waals surface area contributed by atoms with Crippen LogP contribution in [0.2, 0.25) is 0 Å². The number of benzene rings is 1. The topological polar surface area (TPSA) is 41.5 Å². The highest BCUT2D eigenvalue weighted by Gasteiger charge is 1.88. The number of nitrogens with zero attached hydrogens (tertiary/aromatic N) is 1. The third-order valence-electron chi connectivity index (χ3n) is 1.48. The average Bonchev–Trinajstić information content (AvgIpc) is 2.03. The van der Waals surface area contributed by atoms with Gasteiger partial charge < -0.3 is 0 Å². The summed E-state index contributed by atoms with van der Waals surface area (Å²) < 4.78 is 0. The molecule has 0 aliphatic rings. The molecule has 0 spiro atoms. The normalized spacial score (nSPS) is 10.3. The van der Waals surface area contributed by atoms with Gasteiger partial charge in [-0.1, -0.05) is 29.8 Å². The number of amides is 1. The molecule has 0 bridgehead atoms. The molecule has 0 radical (unpaired) electrons. The van der Waals surface area contributed by atoms with Crippen molar-refractivity contribution in [3.05, 3.63) is 35.4 Å². The van der Waals surface area contributed by atoms with Gasteiger partial charge in [-0.25, -0.2) is 5.43 Å². The van der Waals surface area contributed by atoms with E-state index in [4.69, 9.17) is 0 Å². The SMILES string of the molecule is CC(=O)N/N=C\c1cccc(C)c1. The first-order chi connectivity index (χ1) is 6.18. The number of hydrazone groups is 1. The van der Waals surface area contributed by atoms with Gasteiger partial charge in [0.1, 0.15) is 0 Å². The first kappa shape index (κ1) is 9.45. The van der Waals surface area contributed by atoms with E-state index in [1.165, 1.54) is 12.5 Å². The van der Waals surface area contributed by atoms with Crippen molar-refractivity contribution in [2.24, 2.45) is 5.10 Å². The van der Waals surface area contributed by atoms with Crippen LogP contribution < -0.4 is 5.43 Å². The summed E-state index contributed by atoms with van der Waals surface area (Å²) >= 11 is 0. The molecule has 0 heterocycles. The molecule has 0 aromatic heterocycles. The third kappa shape index (κ3) is 3.51. The third-order valence-corrected chi connectivity index (χ3v) is 1.48. The highest BCUT2D eigenvalue weighted by molar-refractivity contribution is 5.81. The van der Waals surface area contributed by atoms with Gasteiger partial charge in [-0.3, -0.25) is 4.79 Å². The molecular weight excluding hydrogens is 164 g/mol. The van der Waals surface area contributed by atoms with Crippen LogP contribution in [0.3, 0.4) is 0 Å². The molecule has 0 saturated carbocycles. The summed E-state index contributed by atoms with van der Waals surface area (Å²) in [6.07, 6.45) is 1.62. The van der Waals surface area contributed by atoms with E-state index in [2.05, 4.69) is 10.5 Å². The van der Waals surface area contributed by atoms with Crippen LogP contribution in [0.15, 0.2) is 29.4 Å². The lowest BCUT2D eigenvalue weighted by Gasteiger charge is -1.94. The lowest BCUT2D eigenvalue weighted by atomic mass is 10.2. The van der Waals surface area contributed by atoms with Crippen molar-refractivity contribution < 1.29 is 4.79 Å². The highest BCUT2D eigenvalue weighted by atomic mass is 16.2. The minimum absolute atomic E-state index is 0.163. The van der Waals surface area contributed by atoms with E-state index in [9.17, 15) is 4.79 Å². The molecule has 0 atom stereocenters. The summed E-state index contributed by atoms with van der Waals surface area (Å²) in [5.41, 5.74) is 4.50. The highest BCUT2D eigenvalue weighted by Crippen LogP contribution is 2.00. The molecule has 13 heavy (non-hydrogen) atoms. The summed E-state index contributed by atoms with van der Waals surface area (Å²) in [5.74, 6) is -0.163. The number of carbonyl (C=O) groups excluding carboxylic acids is 1. The van der Waals surface area contributed by atoms with E-state index in [-0.39, 0.29) is 5.91 Å². The number of carbonyl (C=O) groups is 1. The maximum Gasteiger partial charge on any atom is 0.236 e. The van der Waals surface area contributed by atoms with Crippen molar-refractivity contribution >= 4 is 12.1 Å². The fourth-order valence-electron chi connectivity index (χ4n) is 0.948. The summed E-state index contributed by atoms with van der Waals surface area (Å²) in [6, 6.07) is 7.88. The number of hydrogen-bond acceptors (Lipinski definition) is 2. The molecule has 0 aliphatic heterocycles. The zero-order valence-electron chi connectivity index (χ0n) is 7.74. The molecule has 3 heteroatoms. The van der Waals surface area contributed by atoms with E-state index in [0.717, 1.165) is 5.56 Å². The lowest BCUT2D eigenvalue weighted by molar-refractivity contribution is -0.118. The van der Waals surface area contributed by atoms with Crippen molar-refractivity contribution in [2.75, 3.05) is 0 Å². The van der Waals surface area contributed by atoms with E-state index in [1.54, 1.807) is 6.21 Å². The summed E-state index contributed by atoms with van der Waals surface area (Å²) in [7, 11) is 0. The standard InChI is InChI=1S/C10H12N2O/c1-8-4-3-5-10(6-8)7-11-12-9(2)13/h3-7H,1-2H3,(H,12,13)/b11-7-. The van der Waals surface area contributed by atoms with Crippen molar-refractivity contribution in [3.63, 3.8) is 0 Å². The van der Waals surface area contributed by atoms with Gasteiger partial charge in [-0.05, 0) is 12.5 Å². The first-order valence-corrected chi connectivity index (χ1v) is 4.05. The van der Waals surface area contributed by atoms with E-state index in [1.807, 2.05) is 31.2 Å². The average molecular weight is 176 g/mol. The van der Waals surface area contributed by atoms with Crippen molar-refractivity contribution in [2.45, 2.75) is 13.8 Å². The van der Waals surface area contributed by atoms with Crippen molar-refractivity contribution in [1.82, 2.24) is 5.43 Å². The Morgan fingerprint density at radius 2 is 2.31 bits per heavy atom. The second kappa shape index (κ2) is 4.40. The van der Waals surface area contributed by atoms with Gasteiger partial charge in [0, 0.05) is 6.92 Å². The molecule has 1 rings (SSSR count). The quantitative estimate of drug-likeness (QED) is 0.538.